The molecule has 0 aliphatic heterocycles. The summed E-state index contributed by atoms with van der Waals surface area (Å²) in [5, 5.41) is 17.9. The van der Waals surface area contributed by atoms with Crippen molar-refractivity contribution in [3.8, 4) is 0 Å². The Morgan fingerprint density at radius 3 is 2.19 bits per heavy atom. The molecule has 0 aromatic heterocycles. The minimum absolute atomic E-state index is 0.129. The summed E-state index contributed by atoms with van der Waals surface area (Å²) in [7, 11) is -3.54. The van der Waals surface area contributed by atoms with Gasteiger partial charge in [-0.15, -0.1) is 0 Å². The smallest absolute Gasteiger partial charge is 0.314 e. The number of carboxylic acids is 1. The molecule has 1 aliphatic rings. The second-order valence-electron chi connectivity index (χ2n) is 5.45. The molecule has 1 aromatic rings. The lowest BCUT2D eigenvalue weighted by atomic mass is 9.99. The number of hydrogen-bond acceptors (Lipinski definition) is 4. The molecule has 1 saturated carbocycles. The predicted octanol–water partition coefficient (Wildman–Crippen LogP) is 1.21. The summed E-state index contributed by atoms with van der Waals surface area (Å²) in [6.07, 6.45) is 0.853. The van der Waals surface area contributed by atoms with Crippen LogP contribution in [0, 0.1) is 5.41 Å². The van der Waals surface area contributed by atoms with Gasteiger partial charge in [0, 0.05) is 11.7 Å². The van der Waals surface area contributed by atoms with Gasteiger partial charge in [-0.2, -0.15) is 0 Å². The third-order valence-electron chi connectivity index (χ3n) is 4.45. The molecular formula is C15H20O5S. The fourth-order valence-electron chi connectivity index (χ4n) is 3.06. The van der Waals surface area contributed by atoms with Crippen LogP contribution in [0.3, 0.4) is 0 Å². The number of rotatable bonds is 6. The standard InChI is InChI=1S/C15H20O5S/c1-3-10-5-7-11(8-6-10)12-13(21(19,20)4-2)15(12,9-16)14(17)18/h5-8,12-13,16H,3-4,9H2,1-2H3,(H,17,18)/t12-,13-,15-/m1/s1. The first kappa shape index (κ1) is 16.0. The number of aliphatic carboxylic acids is 1. The van der Waals surface area contributed by atoms with Crippen molar-refractivity contribution in [2.24, 2.45) is 5.41 Å². The van der Waals surface area contributed by atoms with E-state index in [0.29, 0.717) is 5.56 Å². The molecule has 0 heterocycles. The second-order valence-corrected chi connectivity index (χ2v) is 7.86. The Morgan fingerprint density at radius 2 is 1.81 bits per heavy atom. The van der Waals surface area contributed by atoms with Crippen LogP contribution in [0.1, 0.15) is 30.9 Å². The Kier molecular flexibility index (Phi) is 4.13. The molecular weight excluding hydrogens is 292 g/mol. The van der Waals surface area contributed by atoms with Gasteiger partial charge in [-0.25, -0.2) is 8.42 Å². The van der Waals surface area contributed by atoms with Gasteiger partial charge in [-0.3, -0.25) is 4.79 Å². The zero-order chi connectivity index (χ0) is 15.8. The van der Waals surface area contributed by atoms with Crippen molar-refractivity contribution < 1.29 is 23.4 Å². The Bertz CT molecular complexity index is 635. The van der Waals surface area contributed by atoms with Crippen LogP contribution in [0.4, 0.5) is 0 Å². The minimum atomic E-state index is -3.54. The fraction of sp³-hybridized carbons (Fsp3) is 0.533. The van der Waals surface area contributed by atoms with E-state index in [1.165, 1.54) is 6.92 Å². The molecule has 1 aromatic carbocycles. The highest BCUT2D eigenvalue weighted by Crippen LogP contribution is 2.63. The zero-order valence-electron chi connectivity index (χ0n) is 12.1. The van der Waals surface area contributed by atoms with Gasteiger partial charge in [0.05, 0.1) is 11.9 Å². The molecule has 0 radical (unpaired) electrons. The summed E-state index contributed by atoms with van der Waals surface area (Å²) >= 11 is 0. The summed E-state index contributed by atoms with van der Waals surface area (Å²) in [6, 6.07) is 7.27. The monoisotopic (exact) mass is 312 g/mol. The number of aliphatic hydroxyl groups is 1. The van der Waals surface area contributed by atoms with Gasteiger partial charge >= 0.3 is 5.97 Å². The summed E-state index contributed by atoms with van der Waals surface area (Å²) in [6.45, 7) is 2.83. The van der Waals surface area contributed by atoms with E-state index in [-0.39, 0.29) is 5.75 Å². The lowest BCUT2D eigenvalue weighted by Crippen LogP contribution is -2.28. The summed E-state index contributed by atoms with van der Waals surface area (Å²) in [5.74, 6) is -2.07. The van der Waals surface area contributed by atoms with E-state index >= 15 is 0 Å². The maximum Gasteiger partial charge on any atom is 0.314 e. The lowest BCUT2D eigenvalue weighted by molar-refractivity contribution is -0.145. The number of aliphatic hydroxyl groups excluding tert-OH is 1. The number of hydrogen-bond donors (Lipinski definition) is 2. The van der Waals surface area contributed by atoms with Gasteiger partial charge in [0.1, 0.15) is 5.41 Å². The van der Waals surface area contributed by atoms with Gasteiger partial charge in [0.2, 0.25) is 0 Å². The largest absolute Gasteiger partial charge is 0.481 e. The molecule has 21 heavy (non-hydrogen) atoms. The number of aryl methyl sites for hydroxylation is 1. The van der Waals surface area contributed by atoms with Gasteiger partial charge < -0.3 is 10.2 Å². The van der Waals surface area contributed by atoms with Crippen LogP contribution in [0.5, 0.6) is 0 Å². The Balaban J connectivity index is 2.47. The first-order valence-electron chi connectivity index (χ1n) is 6.99. The SMILES string of the molecule is CCc1ccc([C@@H]2[C@@H](S(=O)(=O)CC)[C@]2(CO)C(=O)O)cc1. The molecule has 6 heteroatoms. The summed E-state index contributed by atoms with van der Waals surface area (Å²) in [5.41, 5.74) is 0.146. The van der Waals surface area contributed by atoms with E-state index in [1.807, 2.05) is 19.1 Å². The lowest BCUT2D eigenvalue weighted by Gasteiger charge is -2.09. The van der Waals surface area contributed by atoms with Crippen LogP contribution in [-0.2, 0) is 21.1 Å². The molecule has 2 N–H and O–H groups in total. The Hall–Kier alpha value is -1.40. The van der Waals surface area contributed by atoms with Crippen LogP contribution < -0.4 is 0 Å². The highest BCUT2D eigenvalue weighted by molar-refractivity contribution is 7.92. The summed E-state index contributed by atoms with van der Waals surface area (Å²) < 4.78 is 24.3. The number of carbonyl (C=O) groups is 1. The van der Waals surface area contributed by atoms with Gasteiger partial charge in [-0.05, 0) is 17.5 Å². The summed E-state index contributed by atoms with van der Waals surface area (Å²) in [4.78, 5) is 11.6. The maximum absolute atomic E-state index is 12.2. The average Bonchev–Trinajstić information content (AvgIpc) is 3.19. The van der Waals surface area contributed by atoms with Crippen molar-refractivity contribution in [1.29, 1.82) is 0 Å². The van der Waals surface area contributed by atoms with Crippen molar-refractivity contribution in [2.75, 3.05) is 12.4 Å². The van der Waals surface area contributed by atoms with Crippen molar-refractivity contribution in [2.45, 2.75) is 31.4 Å². The minimum Gasteiger partial charge on any atom is -0.481 e. The quantitative estimate of drug-likeness (QED) is 0.824. The molecule has 0 unspecified atom stereocenters. The van der Waals surface area contributed by atoms with Crippen LogP contribution in [0.15, 0.2) is 24.3 Å². The van der Waals surface area contributed by atoms with E-state index in [1.54, 1.807) is 12.1 Å². The molecule has 1 fully saturated rings. The van der Waals surface area contributed by atoms with E-state index in [9.17, 15) is 23.4 Å². The number of carboxylic acid groups (broad SMARTS) is 1. The topological polar surface area (TPSA) is 91.7 Å². The highest BCUT2D eigenvalue weighted by Gasteiger charge is 2.75. The van der Waals surface area contributed by atoms with Gasteiger partial charge in [-0.1, -0.05) is 38.1 Å². The predicted molar refractivity (Wildman–Crippen MR) is 79.0 cm³/mol. The first-order valence-corrected chi connectivity index (χ1v) is 8.71. The third-order valence-corrected chi connectivity index (χ3v) is 6.72. The molecule has 5 nitrogen and oxygen atoms in total. The molecule has 2 rings (SSSR count). The molecule has 0 amide bonds. The maximum atomic E-state index is 12.2. The van der Waals surface area contributed by atoms with E-state index in [2.05, 4.69) is 0 Å². The van der Waals surface area contributed by atoms with Crippen molar-refractivity contribution in [1.82, 2.24) is 0 Å². The molecule has 0 spiro atoms. The van der Waals surface area contributed by atoms with E-state index in [4.69, 9.17) is 0 Å². The van der Waals surface area contributed by atoms with Crippen LogP contribution in [0.2, 0.25) is 0 Å². The number of sulfone groups is 1. The molecule has 0 saturated heterocycles. The first-order chi connectivity index (χ1) is 9.85. The van der Waals surface area contributed by atoms with Crippen molar-refractivity contribution in [3.63, 3.8) is 0 Å². The van der Waals surface area contributed by atoms with Crippen molar-refractivity contribution in [3.05, 3.63) is 35.4 Å². The van der Waals surface area contributed by atoms with Crippen molar-refractivity contribution >= 4 is 15.8 Å². The Labute approximate surface area is 124 Å². The van der Waals surface area contributed by atoms with Crippen LogP contribution >= 0.6 is 0 Å². The van der Waals surface area contributed by atoms with Gasteiger partial charge in [0.15, 0.2) is 9.84 Å². The zero-order valence-corrected chi connectivity index (χ0v) is 12.9. The highest BCUT2D eigenvalue weighted by atomic mass is 32.2. The van der Waals surface area contributed by atoms with Crippen LogP contribution in [0.25, 0.3) is 0 Å². The second kappa shape index (κ2) is 5.42. The Morgan fingerprint density at radius 1 is 1.24 bits per heavy atom. The molecule has 1 aliphatic carbocycles. The van der Waals surface area contributed by atoms with Crippen LogP contribution in [-0.4, -0.2) is 42.2 Å². The third kappa shape index (κ3) is 2.36. The normalized spacial score (nSPS) is 28.3. The average molecular weight is 312 g/mol. The molecule has 116 valence electrons. The molecule has 3 atom stereocenters. The van der Waals surface area contributed by atoms with E-state index in [0.717, 1.165) is 12.0 Å². The van der Waals surface area contributed by atoms with Gasteiger partial charge in [0.25, 0.3) is 0 Å². The fourth-order valence-corrected chi connectivity index (χ4v) is 5.11. The number of benzene rings is 1. The van der Waals surface area contributed by atoms with E-state index < -0.39 is 39.0 Å². The molecule has 0 bridgehead atoms.